The highest BCUT2D eigenvalue weighted by atomic mass is 19.1. The molecule has 0 unspecified atom stereocenters. The quantitative estimate of drug-likeness (QED) is 0.655. The Morgan fingerprint density at radius 3 is 2.89 bits per heavy atom. The number of nitrogens with one attached hydrogen (secondary N) is 1. The van der Waals surface area contributed by atoms with Gasteiger partial charge in [-0.25, -0.2) is 14.8 Å². The van der Waals surface area contributed by atoms with Crippen molar-refractivity contribution in [1.82, 2.24) is 15.4 Å². The minimum absolute atomic E-state index is 0.142. The average molecular weight is 244 g/mol. The van der Waals surface area contributed by atoms with Crippen LogP contribution in [0.1, 0.15) is 16.1 Å². The van der Waals surface area contributed by atoms with Crippen LogP contribution in [0.4, 0.5) is 4.39 Å². The van der Waals surface area contributed by atoms with Gasteiger partial charge in [-0.05, 0) is 6.07 Å². The Morgan fingerprint density at radius 1 is 1.33 bits per heavy atom. The predicted octanol–water partition coefficient (Wildman–Crippen LogP) is 1.38. The van der Waals surface area contributed by atoms with Gasteiger partial charge in [0, 0.05) is 18.0 Å². The second-order valence-corrected chi connectivity index (χ2v) is 3.31. The molecule has 2 aromatic rings. The van der Waals surface area contributed by atoms with E-state index < -0.39 is 11.7 Å². The van der Waals surface area contributed by atoms with Crippen molar-refractivity contribution in [3.05, 3.63) is 59.9 Å². The Balaban J connectivity index is 2.00. The third-order valence-electron chi connectivity index (χ3n) is 2.07. The molecule has 1 heterocycles. The summed E-state index contributed by atoms with van der Waals surface area (Å²) in [7, 11) is 0. The van der Waals surface area contributed by atoms with Crippen LogP contribution in [0.15, 0.2) is 48.0 Å². The fourth-order valence-corrected chi connectivity index (χ4v) is 1.21. The van der Waals surface area contributed by atoms with E-state index in [1.165, 1.54) is 30.9 Å². The van der Waals surface area contributed by atoms with E-state index in [1.807, 2.05) is 0 Å². The van der Waals surface area contributed by atoms with Crippen LogP contribution in [0.25, 0.3) is 0 Å². The molecule has 5 nitrogen and oxygen atoms in total. The zero-order valence-corrected chi connectivity index (χ0v) is 9.25. The molecule has 0 bridgehead atoms. The van der Waals surface area contributed by atoms with Crippen LogP contribution in [-0.2, 0) is 0 Å². The van der Waals surface area contributed by atoms with Crippen LogP contribution in [0.3, 0.4) is 0 Å². The van der Waals surface area contributed by atoms with Gasteiger partial charge in [0.15, 0.2) is 0 Å². The topological polar surface area (TPSA) is 67.2 Å². The fourth-order valence-electron chi connectivity index (χ4n) is 1.21. The molecular formula is C12H9FN4O. The Morgan fingerprint density at radius 2 is 2.17 bits per heavy atom. The molecule has 0 radical (unpaired) electrons. The molecule has 0 atom stereocenters. The summed E-state index contributed by atoms with van der Waals surface area (Å²) in [6.07, 6.45) is 5.40. The van der Waals surface area contributed by atoms with Gasteiger partial charge in [0.05, 0.1) is 12.4 Å². The summed E-state index contributed by atoms with van der Waals surface area (Å²) in [5, 5.41) is 3.65. The molecule has 18 heavy (non-hydrogen) atoms. The van der Waals surface area contributed by atoms with Crippen molar-refractivity contribution in [2.24, 2.45) is 5.10 Å². The summed E-state index contributed by atoms with van der Waals surface area (Å²) in [6, 6.07) is 6.11. The molecule has 0 aliphatic rings. The summed E-state index contributed by atoms with van der Waals surface area (Å²) >= 11 is 0. The van der Waals surface area contributed by atoms with Gasteiger partial charge in [0.1, 0.15) is 11.5 Å². The number of benzene rings is 1. The van der Waals surface area contributed by atoms with Crippen molar-refractivity contribution < 1.29 is 9.18 Å². The van der Waals surface area contributed by atoms with Crippen molar-refractivity contribution in [3.8, 4) is 0 Å². The molecular weight excluding hydrogens is 235 g/mol. The maximum Gasteiger partial charge on any atom is 0.291 e. The largest absolute Gasteiger partial charge is 0.291 e. The Bertz CT molecular complexity index is 571. The zero-order valence-electron chi connectivity index (χ0n) is 9.25. The molecule has 1 aromatic heterocycles. The lowest BCUT2D eigenvalue weighted by atomic mass is 10.2. The first-order valence-electron chi connectivity index (χ1n) is 5.11. The second kappa shape index (κ2) is 5.62. The molecule has 1 N–H and O–H groups in total. The summed E-state index contributed by atoms with van der Waals surface area (Å²) < 4.78 is 13.2. The van der Waals surface area contributed by atoms with E-state index in [-0.39, 0.29) is 11.3 Å². The molecule has 1 amide bonds. The van der Waals surface area contributed by atoms with E-state index >= 15 is 0 Å². The van der Waals surface area contributed by atoms with Gasteiger partial charge in [-0.2, -0.15) is 5.10 Å². The fraction of sp³-hybridized carbons (Fsp3) is 0. The first-order valence-corrected chi connectivity index (χ1v) is 5.11. The Labute approximate surface area is 102 Å². The highest BCUT2D eigenvalue weighted by molar-refractivity contribution is 5.92. The number of amides is 1. The van der Waals surface area contributed by atoms with Crippen LogP contribution in [0.2, 0.25) is 0 Å². The third-order valence-corrected chi connectivity index (χ3v) is 2.07. The molecule has 0 saturated heterocycles. The molecule has 0 fully saturated rings. The second-order valence-electron chi connectivity index (χ2n) is 3.31. The molecule has 0 aliphatic carbocycles. The predicted molar refractivity (Wildman–Crippen MR) is 63.5 cm³/mol. The lowest BCUT2D eigenvalue weighted by Gasteiger charge is -1.98. The van der Waals surface area contributed by atoms with Crippen molar-refractivity contribution in [2.45, 2.75) is 0 Å². The maximum atomic E-state index is 13.2. The molecule has 6 heteroatoms. The lowest BCUT2D eigenvalue weighted by Crippen LogP contribution is -2.19. The van der Waals surface area contributed by atoms with Crippen LogP contribution >= 0.6 is 0 Å². The summed E-state index contributed by atoms with van der Waals surface area (Å²) in [4.78, 5) is 19.0. The number of hydrazone groups is 1. The molecule has 0 saturated carbocycles. The van der Waals surface area contributed by atoms with Crippen LogP contribution in [0.5, 0.6) is 0 Å². The van der Waals surface area contributed by atoms with Crippen LogP contribution in [-0.4, -0.2) is 22.1 Å². The number of hydrogen-bond acceptors (Lipinski definition) is 4. The van der Waals surface area contributed by atoms with Gasteiger partial charge in [0.25, 0.3) is 5.91 Å². The molecule has 1 aromatic carbocycles. The Kier molecular flexibility index (Phi) is 3.70. The van der Waals surface area contributed by atoms with E-state index in [2.05, 4.69) is 20.5 Å². The number of rotatable bonds is 3. The van der Waals surface area contributed by atoms with Crippen molar-refractivity contribution >= 4 is 12.1 Å². The van der Waals surface area contributed by atoms with Gasteiger partial charge in [-0.15, -0.1) is 0 Å². The SMILES string of the molecule is O=C(N/N=C/c1ccccc1F)c1cnccn1. The molecule has 2 rings (SSSR count). The smallest absolute Gasteiger partial charge is 0.265 e. The first kappa shape index (κ1) is 11.8. The van der Waals surface area contributed by atoms with E-state index in [9.17, 15) is 9.18 Å². The Hall–Kier alpha value is -2.63. The number of carbonyl (C=O) groups excluding carboxylic acids is 1. The van der Waals surface area contributed by atoms with Gasteiger partial charge in [0.2, 0.25) is 0 Å². The van der Waals surface area contributed by atoms with E-state index in [4.69, 9.17) is 0 Å². The summed E-state index contributed by atoms with van der Waals surface area (Å²) in [6.45, 7) is 0. The highest BCUT2D eigenvalue weighted by Crippen LogP contribution is 2.02. The van der Waals surface area contributed by atoms with Gasteiger partial charge < -0.3 is 0 Å². The van der Waals surface area contributed by atoms with Gasteiger partial charge in [-0.3, -0.25) is 9.78 Å². The van der Waals surface area contributed by atoms with Crippen molar-refractivity contribution in [3.63, 3.8) is 0 Å². The monoisotopic (exact) mass is 244 g/mol. The van der Waals surface area contributed by atoms with Crippen molar-refractivity contribution in [2.75, 3.05) is 0 Å². The molecule has 90 valence electrons. The minimum atomic E-state index is -0.504. The lowest BCUT2D eigenvalue weighted by molar-refractivity contribution is 0.0949. The van der Waals surface area contributed by atoms with Gasteiger partial charge >= 0.3 is 0 Å². The number of carbonyl (C=O) groups is 1. The number of nitrogens with zero attached hydrogens (tertiary/aromatic N) is 3. The number of hydrogen-bond donors (Lipinski definition) is 1. The van der Waals surface area contributed by atoms with Crippen LogP contribution in [0, 0.1) is 5.82 Å². The van der Waals surface area contributed by atoms with E-state index in [0.717, 1.165) is 0 Å². The third kappa shape index (κ3) is 2.94. The standard InChI is InChI=1S/C12H9FN4O/c13-10-4-2-1-3-9(10)7-16-17-12(18)11-8-14-5-6-15-11/h1-8H,(H,17,18)/b16-7+. The van der Waals surface area contributed by atoms with E-state index in [1.54, 1.807) is 18.2 Å². The van der Waals surface area contributed by atoms with Crippen molar-refractivity contribution in [1.29, 1.82) is 0 Å². The first-order chi connectivity index (χ1) is 8.77. The highest BCUT2D eigenvalue weighted by Gasteiger charge is 2.04. The zero-order chi connectivity index (χ0) is 12.8. The number of halogens is 1. The minimum Gasteiger partial charge on any atom is -0.265 e. The summed E-state index contributed by atoms with van der Waals surface area (Å²) in [5.41, 5.74) is 2.67. The van der Waals surface area contributed by atoms with Crippen LogP contribution < -0.4 is 5.43 Å². The van der Waals surface area contributed by atoms with E-state index in [0.29, 0.717) is 0 Å². The normalized spacial score (nSPS) is 10.5. The average Bonchev–Trinajstić information content (AvgIpc) is 2.42. The number of aromatic nitrogens is 2. The van der Waals surface area contributed by atoms with Gasteiger partial charge in [-0.1, -0.05) is 18.2 Å². The molecule has 0 aliphatic heterocycles. The molecule has 0 spiro atoms. The maximum absolute atomic E-state index is 13.2. The summed E-state index contributed by atoms with van der Waals surface area (Å²) in [5.74, 6) is -0.911.